The molecule has 2 aromatic carbocycles. The molecule has 0 saturated heterocycles. The molecule has 0 spiro atoms. The molecule has 5 heteroatoms. The minimum Gasteiger partial charge on any atom is -0.494 e. The van der Waals surface area contributed by atoms with Gasteiger partial charge in [0.1, 0.15) is 5.75 Å². The largest absolute Gasteiger partial charge is 0.494 e. The van der Waals surface area contributed by atoms with Gasteiger partial charge in [0.25, 0.3) is 5.91 Å². The monoisotopic (exact) mass is 378 g/mol. The number of carbonyl (C=O) groups is 2. The Balaban J connectivity index is 1.52. The van der Waals surface area contributed by atoms with Gasteiger partial charge in [-0.2, -0.15) is 0 Å². The van der Waals surface area contributed by atoms with E-state index < -0.39 is 0 Å². The molecule has 0 aliphatic heterocycles. The zero-order valence-corrected chi connectivity index (χ0v) is 16.4. The molecule has 0 aromatic heterocycles. The number of rotatable bonds is 8. The highest BCUT2D eigenvalue weighted by Crippen LogP contribution is 2.19. The van der Waals surface area contributed by atoms with Crippen LogP contribution >= 0.6 is 0 Å². The summed E-state index contributed by atoms with van der Waals surface area (Å²) in [6, 6.07) is 15.3. The molecule has 1 aliphatic rings. The summed E-state index contributed by atoms with van der Waals surface area (Å²) < 4.78 is 5.43. The molecular formula is C23H26N2O3. The molecular weight excluding hydrogens is 352 g/mol. The maximum Gasteiger partial charge on any atom is 0.251 e. The highest BCUT2D eigenvalue weighted by Gasteiger charge is 2.23. The van der Waals surface area contributed by atoms with E-state index >= 15 is 0 Å². The minimum atomic E-state index is -0.0792. The lowest BCUT2D eigenvalue weighted by Crippen LogP contribution is -2.25. The molecule has 28 heavy (non-hydrogen) atoms. The number of benzene rings is 2. The summed E-state index contributed by atoms with van der Waals surface area (Å²) in [5.41, 5.74) is 2.56. The number of ether oxygens (including phenoxy) is 1. The average molecular weight is 378 g/mol. The number of amides is 2. The lowest BCUT2D eigenvalue weighted by molar-refractivity contribution is -0.125. The minimum absolute atomic E-state index is 0.0378. The molecule has 3 rings (SSSR count). The van der Waals surface area contributed by atoms with E-state index in [-0.39, 0.29) is 11.8 Å². The van der Waals surface area contributed by atoms with Crippen molar-refractivity contribution in [3.8, 4) is 5.75 Å². The van der Waals surface area contributed by atoms with Crippen LogP contribution in [0.2, 0.25) is 0 Å². The van der Waals surface area contributed by atoms with E-state index in [0.29, 0.717) is 24.8 Å². The van der Waals surface area contributed by atoms with Gasteiger partial charge in [0, 0.05) is 31.3 Å². The number of nitrogens with one attached hydrogen (secondary N) is 1. The topological polar surface area (TPSA) is 58.6 Å². The van der Waals surface area contributed by atoms with Crippen molar-refractivity contribution in [2.45, 2.75) is 32.4 Å². The first-order valence-corrected chi connectivity index (χ1v) is 9.61. The Hall–Kier alpha value is -3.08. The standard InChI is InChI=1S/C23H26N2O3/c1-3-28-21-13-6-18(7-14-21)16-25(2)22(26)15-8-17-4-9-19(10-5-17)23(27)24-20-11-12-20/h4-10,13-15,20H,3,11-12,16H2,1-2H3,(H,24,27)/b15-8+. The van der Waals surface area contributed by atoms with Crippen LogP contribution in [0, 0.1) is 0 Å². The predicted molar refractivity (Wildman–Crippen MR) is 110 cm³/mol. The second-order valence-electron chi connectivity index (χ2n) is 6.97. The molecule has 0 heterocycles. The van der Waals surface area contributed by atoms with E-state index in [1.54, 1.807) is 36.2 Å². The Morgan fingerprint density at radius 1 is 1.11 bits per heavy atom. The first-order chi connectivity index (χ1) is 13.5. The van der Waals surface area contributed by atoms with Crippen LogP contribution in [0.4, 0.5) is 0 Å². The van der Waals surface area contributed by atoms with E-state index in [1.165, 1.54) is 0 Å². The molecule has 1 N–H and O–H groups in total. The van der Waals surface area contributed by atoms with Crippen LogP contribution < -0.4 is 10.1 Å². The third-order valence-electron chi connectivity index (χ3n) is 4.53. The Bertz CT molecular complexity index is 837. The van der Waals surface area contributed by atoms with Crippen molar-refractivity contribution >= 4 is 17.9 Å². The molecule has 0 atom stereocenters. The van der Waals surface area contributed by atoms with Crippen molar-refractivity contribution in [2.75, 3.05) is 13.7 Å². The first-order valence-electron chi connectivity index (χ1n) is 9.61. The maximum absolute atomic E-state index is 12.3. The summed E-state index contributed by atoms with van der Waals surface area (Å²) in [4.78, 5) is 26.0. The average Bonchev–Trinajstić information content (AvgIpc) is 3.52. The molecule has 1 aliphatic carbocycles. The van der Waals surface area contributed by atoms with E-state index in [1.807, 2.05) is 43.3 Å². The zero-order chi connectivity index (χ0) is 19.9. The van der Waals surface area contributed by atoms with Crippen molar-refractivity contribution in [2.24, 2.45) is 0 Å². The molecule has 2 amide bonds. The second-order valence-corrected chi connectivity index (χ2v) is 6.97. The fourth-order valence-corrected chi connectivity index (χ4v) is 2.75. The number of likely N-dealkylation sites (N-methyl/N-ethyl adjacent to an activating group) is 1. The molecule has 5 nitrogen and oxygen atoms in total. The Kier molecular flexibility index (Phi) is 6.48. The van der Waals surface area contributed by atoms with Gasteiger partial charge in [0.2, 0.25) is 5.91 Å². The third kappa shape index (κ3) is 5.71. The number of hydrogen-bond acceptors (Lipinski definition) is 3. The van der Waals surface area contributed by atoms with Gasteiger partial charge in [-0.25, -0.2) is 0 Å². The quantitative estimate of drug-likeness (QED) is 0.714. The van der Waals surface area contributed by atoms with Crippen molar-refractivity contribution in [3.05, 3.63) is 71.3 Å². The summed E-state index contributed by atoms with van der Waals surface area (Å²) in [5.74, 6) is 0.711. The lowest BCUT2D eigenvalue weighted by Gasteiger charge is -2.15. The number of hydrogen-bond donors (Lipinski definition) is 1. The van der Waals surface area contributed by atoms with Gasteiger partial charge in [-0.3, -0.25) is 9.59 Å². The molecule has 2 aromatic rings. The SMILES string of the molecule is CCOc1ccc(CN(C)C(=O)/C=C/c2ccc(C(=O)NC3CC3)cc2)cc1. The van der Waals surface area contributed by atoms with Crippen molar-refractivity contribution < 1.29 is 14.3 Å². The number of carbonyl (C=O) groups excluding carboxylic acids is 2. The van der Waals surface area contributed by atoms with Gasteiger partial charge in [0.05, 0.1) is 6.61 Å². The van der Waals surface area contributed by atoms with Gasteiger partial charge in [0.15, 0.2) is 0 Å². The van der Waals surface area contributed by atoms with Crippen LogP contribution in [-0.2, 0) is 11.3 Å². The highest BCUT2D eigenvalue weighted by atomic mass is 16.5. The Morgan fingerprint density at radius 3 is 2.39 bits per heavy atom. The molecule has 0 unspecified atom stereocenters. The van der Waals surface area contributed by atoms with Gasteiger partial charge < -0.3 is 15.0 Å². The van der Waals surface area contributed by atoms with Crippen molar-refractivity contribution in [1.82, 2.24) is 10.2 Å². The number of nitrogens with zero attached hydrogens (tertiary/aromatic N) is 1. The molecule has 146 valence electrons. The summed E-state index contributed by atoms with van der Waals surface area (Å²) >= 11 is 0. The van der Waals surface area contributed by atoms with E-state index in [2.05, 4.69) is 5.32 Å². The van der Waals surface area contributed by atoms with Crippen molar-refractivity contribution in [1.29, 1.82) is 0 Å². The summed E-state index contributed by atoms with van der Waals surface area (Å²) in [5, 5.41) is 2.96. The van der Waals surface area contributed by atoms with Crippen LogP contribution in [0.3, 0.4) is 0 Å². The Labute approximate surface area is 166 Å². The van der Waals surface area contributed by atoms with Gasteiger partial charge in [-0.15, -0.1) is 0 Å². The molecule has 0 radical (unpaired) electrons. The van der Waals surface area contributed by atoms with Crippen LogP contribution in [-0.4, -0.2) is 36.4 Å². The fraction of sp³-hybridized carbons (Fsp3) is 0.304. The van der Waals surface area contributed by atoms with E-state index in [0.717, 1.165) is 29.7 Å². The summed E-state index contributed by atoms with van der Waals surface area (Å²) in [7, 11) is 1.77. The first kappa shape index (κ1) is 19.7. The Morgan fingerprint density at radius 2 is 1.79 bits per heavy atom. The van der Waals surface area contributed by atoms with Gasteiger partial charge >= 0.3 is 0 Å². The molecule has 1 saturated carbocycles. The highest BCUT2D eigenvalue weighted by molar-refractivity contribution is 5.95. The summed E-state index contributed by atoms with van der Waals surface area (Å²) in [6.07, 6.45) is 5.45. The predicted octanol–water partition coefficient (Wildman–Crippen LogP) is 3.65. The van der Waals surface area contributed by atoms with Gasteiger partial charge in [-0.1, -0.05) is 24.3 Å². The van der Waals surface area contributed by atoms with E-state index in [9.17, 15) is 9.59 Å². The smallest absolute Gasteiger partial charge is 0.251 e. The zero-order valence-electron chi connectivity index (χ0n) is 16.4. The van der Waals surface area contributed by atoms with Gasteiger partial charge in [-0.05, 0) is 61.2 Å². The van der Waals surface area contributed by atoms with E-state index in [4.69, 9.17) is 4.74 Å². The van der Waals surface area contributed by atoms with Crippen LogP contribution in [0.1, 0.15) is 41.3 Å². The maximum atomic E-state index is 12.3. The van der Waals surface area contributed by atoms with Crippen LogP contribution in [0.15, 0.2) is 54.6 Å². The molecule has 0 bridgehead atoms. The fourth-order valence-electron chi connectivity index (χ4n) is 2.75. The van der Waals surface area contributed by atoms with Crippen LogP contribution in [0.25, 0.3) is 6.08 Å². The summed E-state index contributed by atoms with van der Waals surface area (Å²) in [6.45, 7) is 3.10. The lowest BCUT2D eigenvalue weighted by atomic mass is 10.1. The third-order valence-corrected chi connectivity index (χ3v) is 4.53. The molecule has 1 fully saturated rings. The van der Waals surface area contributed by atoms with Crippen LogP contribution in [0.5, 0.6) is 5.75 Å². The van der Waals surface area contributed by atoms with Crippen molar-refractivity contribution in [3.63, 3.8) is 0 Å². The normalized spacial score (nSPS) is 13.4. The second kappa shape index (κ2) is 9.22.